The molecule has 0 fully saturated rings. The summed E-state index contributed by atoms with van der Waals surface area (Å²) in [5.41, 5.74) is 2.49. The molecule has 0 aliphatic carbocycles. The molecule has 0 radical (unpaired) electrons. The number of hydrogen-bond donors (Lipinski definition) is 0. The molecule has 0 aromatic heterocycles. The maximum Gasteiger partial charge on any atom is 0.282 e. The van der Waals surface area contributed by atoms with Crippen molar-refractivity contribution in [3.8, 4) is 11.5 Å². The largest absolute Gasteiger partial charge is 0.495 e. The fraction of sp³-hybridized carbons (Fsp3) is 0.185. The lowest BCUT2D eigenvalue weighted by Gasteiger charge is -2.22. The first-order valence-corrected chi connectivity index (χ1v) is 10.8. The number of carbonyl (C=O) groups is 2. The zero-order valence-electron chi connectivity index (χ0n) is 18.9. The fourth-order valence-corrected chi connectivity index (χ4v) is 3.84. The summed E-state index contributed by atoms with van der Waals surface area (Å²) in [5.74, 6) is 0.365. The van der Waals surface area contributed by atoms with Crippen molar-refractivity contribution in [3.05, 3.63) is 90.1 Å². The molecule has 0 N–H and O–H groups in total. The van der Waals surface area contributed by atoms with Crippen molar-refractivity contribution < 1.29 is 19.1 Å². The SMILES string of the molecule is CCCOc1ccc(C2=C(N(C)c3ccccc3)C(=O)N(c3ccccc3OC)C2=O)cc1. The average Bonchev–Trinajstić information content (AvgIpc) is 3.12. The molecule has 0 spiro atoms. The second kappa shape index (κ2) is 9.61. The Bertz CT molecular complexity index is 1190. The van der Waals surface area contributed by atoms with E-state index in [0.717, 1.165) is 17.9 Å². The van der Waals surface area contributed by atoms with E-state index in [0.29, 0.717) is 34.9 Å². The quantitative estimate of drug-likeness (QED) is 0.464. The zero-order valence-corrected chi connectivity index (χ0v) is 18.9. The Hall–Kier alpha value is -4.06. The normalized spacial score (nSPS) is 13.5. The lowest BCUT2D eigenvalue weighted by molar-refractivity contribution is -0.120. The number of para-hydroxylation sites is 3. The highest BCUT2D eigenvalue weighted by molar-refractivity contribution is 6.46. The Morgan fingerprint density at radius 1 is 0.848 bits per heavy atom. The van der Waals surface area contributed by atoms with Gasteiger partial charge in [-0.2, -0.15) is 0 Å². The van der Waals surface area contributed by atoms with Crippen molar-refractivity contribution in [2.24, 2.45) is 0 Å². The minimum atomic E-state index is -0.405. The number of ether oxygens (including phenoxy) is 2. The van der Waals surface area contributed by atoms with E-state index in [2.05, 4.69) is 0 Å². The van der Waals surface area contributed by atoms with Gasteiger partial charge >= 0.3 is 0 Å². The lowest BCUT2D eigenvalue weighted by atomic mass is 10.0. The summed E-state index contributed by atoms with van der Waals surface area (Å²) < 4.78 is 11.1. The van der Waals surface area contributed by atoms with Crippen LogP contribution in [0, 0.1) is 0 Å². The first-order valence-electron chi connectivity index (χ1n) is 10.8. The maximum atomic E-state index is 13.7. The Kier molecular flexibility index (Phi) is 6.45. The van der Waals surface area contributed by atoms with E-state index in [1.807, 2.05) is 61.5 Å². The van der Waals surface area contributed by atoms with Gasteiger partial charge in [-0.05, 0) is 48.4 Å². The van der Waals surface area contributed by atoms with Crippen molar-refractivity contribution >= 4 is 28.8 Å². The van der Waals surface area contributed by atoms with E-state index in [9.17, 15) is 9.59 Å². The fourth-order valence-electron chi connectivity index (χ4n) is 3.84. The summed E-state index contributed by atoms with van der Waals surface area (Å²) in [7, 11) is 3.31. The minimum Gasteiger partial charge on any atom is -0.495 e. The van der Waals surface area contributed by atoms with Gasteiger partial charge in [0.15, 0.2) is 0 Å². The summed E-state index contributed by atoms with van der Waals surface area (Å²) >= 11 is 0. The summed E-state index contributed by atoms with van der Waals surface area (Å²) in [6, 6.07) is 23.8. The predicted octanol–water partition coefficient (Wildman–Crippen LogP) is 4.90. The Morgan fingerprint density at radius 3 is 2.18 bits per heavy atom. The Labute approximate surface area is 193 Å². The number of imide groups is 1. The van der Waals surface area contributed by atoms with Gasteiger partial charge in [-0.15, -0.1) is 0 Å². The predicted molar refractivity (Wildman–Crippen MR) is 129 cm³/mol. The van der Waals surface area contributed by atoms with Crippen LogP contribution in [0.2, 0.25) is 0 Å². The van der Waals surface area contributed by atoms with Crippen LogP contribution < -0.4 is 19.3 Å². The van der Waals surface area contributed by atoms with Crippen LogP contribution in [0.4, 0.5) is 11.4 Å². The molecular weight excluding hydrogens is 416 g/mol. The molecule has 0 saturated heterocycles. The van der Waals surface area contributed by atoms with E-state index < -0.39 is 11.8 Å². The van der Waals surface area contributed by atoms with E-state index in [4.69, 9.17) is 9.47 Å². The highest BCUT2D eigenvalue weighted by Gasteiger charge is 2.43. The summed E-state index contributed by atoms with van der Waals surface area (Å²) in [4.78, 5) is 30.4. The van der Waals surface area contributed by atoms with Gasteiger partial charge in [0.2, 0.25) is 0 Å². The Morgan fingerprint density at radius 2 is 1.52 bits per heavy atom. The summed E-state index contributed by atoms with van der Waals surface area (Å²) in [5, 5.41) is 0. The molecule has 6 heteroatoms. The number of nitrogens with zero attached hydrogens (tertiary/aromatic N) is 2. The third-order valence-corrected chi connectivity index (χ3v) is 5.48. The summed E-state index contributed by atoms with van der Waals surface area (Å²) in [6.07, 6.45) is 0.903. The highest BCUT2D eigenvalue weighted by Crippen LogP contribution is 2.39. The topological polar surface area (TPSA) is 59.1 Å². The van der Waals surface area contributed by atoms with Gasteiger partial charge in [0.05, 0.1) is 25.0 Å². The number of amides is 2. The van der Waals surface area contributed by atoms with Crippen LogP contribution in [0.25, 0.3) is 5.57 Å². The van der Waals surface area contributed by atoms with E-state index in [1.165, 1.54) is 12.0 Å². The van der Waals surface area contributed by atoms with Crippen molar-refractivity contribution in [3.63, 3.8) is 0 Å². The van der Waals surface area contributed by atoms with Crippen LogP contribution in [0.15, 0.2) is 84.6 Å². The molecule has 2 amide bonds. The van der Waals surface area contributed by atoms with Crippen molar-refractivity contribution in [2.75, 3.05) is 30.6 Å². The molecule has 168 valence electrons. The molecule has 1 heterocycles. The number of anilines is 2. The third kappa shape index (κ3) is 4.20. The lowest BCUT2D eigenvalue weighted by Crippen LogP contribution is -2.34. The van der Waals surface area contributed by atoms with Crippen LogP contribution in [-0.4, -0.2) is 32.6 Å². The van der Waals surface area contributed by atoms with E-state index in [-0.39, 0.29) is 0 Å². The van der Waals surface area contributed by atoms with Gasteiger partial charge < -0.3 is 14.4 Å². The highest BCUT2D eigenvalue weighted by atomic mass is 16.5. The molecule has 0 unspecified atom stereocenters. The Balaban J connectivity index is 1.83. The van der Waals surface area contributed by atoms with Crippen LogP contribution in [0.1, 0.15) is 18.9 Å². The van der Waals surface area contributed by atoms with Crippen LogP contribution in [0.3, 0.4) is 0 Å². The molecule has 0 saturated carbocycles. The first kappa shape index (κ1) is 22.1. The van der Waals surface area contributed by atoms with Gasteiger partial charge in [0.1, 0.15) is 17.2 Å². The maximum absolute atomic E-state index is 13.7. The van der Waals surface area contributed by atoms with Gasteiger partial charge in [-0.3, -0.25) is 9.59 Å². The molecule has 6 nitrogen and oxygen atoms in total. The molecule has 1 aliphatic heterocycles. The molecular formula is C27H26N2O4. The molecule has 4 rings (SSSR count). The van der Waals surface area contributed by atoms with Gasteiger partial charge in [0, 0.05) is 12.7 Å². The second-order valence-electron chi connectivity index (χ2n) is 7.61. The number of carbonyl (C=O) groups excluding carboxylic acids is 2. The van der Waals surface area contributed by atoms with Crippen molar-refractivity contribution in [2.45, 2.75) is 13.3 Å². The number of benzene rings is 3. The number of hydrogen-bond acceptors (Lipinski definition) is 5. The monoisotopic (exact) mass is 442 g/mol. The number of rotatable bonds is 8. The molecule has 3 aromatic rings. The van der Waals surface area contributed by atoms with Crippen LogP contribution in [0.5, 0.6) is 11.5 Å². The zero-order chi connectivity index (χ0) is 23.4. The third-order valence-electron chi connectivity index (χ3n) is 5.48. The standard InChI is InChI=1S/C27H26N2O4/c1-4-18-33-21-16-14-19(15-17-21)24-25(28(2)20-10-6-5-7-11-20)27(31)29(26(24)30)22-12-8-9-13-23(22)32-3/h5-17H,4,18H2,1-3H3. The molecule has 0 bridgehead atoms. The van der Waals surface area contributed by atoms with E-state index >= 15 is 0 Å². The van der Waals surface area contributed by atoms with E-state index in [1.54, 1.807) is 36.2 Å². The van der Waals surface area contributed by atoms with Crippen LogP contribution in [-0.2, 0) is 9.59 Å². The van der Waals surface area contributed by atoms with Gasteiger partial charge in [-0.1, -0.05) is 49.4 Å². The minimum absolute atomic E-state index is 0.305. The van der Waals surface area contributed by atoms with Crippen molar-refractivity contribution in [1.29, 1.82) is 0 Å². The average molecular weight is 443 g/mol. The second-order valence-corrected chi connectivity index (χ2v) is 7.61. The van der Waals surface area contributed by atoms with Gasteiger partial charge in [-0.25, -0.2) is 4.90 Å². The number of methoxy groups -OCH3 is 1. The molecule has 3 aromatic carbocycles. The smallest absolute Gasteiger partial charge is 0.282 e. The van der Waals surface area contributed by atoms with Crippen LogP contribution >= 0.6 is 0 Å². The molecule has 33 heavy (non-hydrogen) atoms. The summed E-state index contributed by atoms with van der Waals surface area (Å²) in [6.45, 7) is 2.66. The first-order chi connectivity index (χ1) is 16.1. The van der Waals surface area contributed by atoms with Crippen molar-refractivity contribution in [1.82, 2.24) is 0 Å². The van der Waals surface area contributed by atoms with Gasteiger partial charge in [0.25, 0.3) is 11.8 Å². The molecule has 1 aliphatic rings. The molecule has 0 atom stereocenters. The number of likely N-dealkylation sites (N-methyl/N-ethyl adjacent to an activating group) is 1.